The topological polar surface area (TPSA) is 123 Å². The number of hydrogen-bond acceptors (Lipinski definition) is 8. The van der Waals surface area contributed by atoms with Gasteiger partial charge in [0.1, 0.15) is 23.5 Å². The molecule has 10 heteroatoms. The number of nitrogen functional groups attached to an aromatic ring is 1. The molecule has 0 aliphatic rings. The molecule has 0 aliphatic heterocycles. The van der Waals surface area contributed by atoms with Crippen molar-refractivity contribution in [1.82, 2.24) is 15.4 Å². The number of hydrazine groups is 1. The Morgan fingerprint density at radius 2 is 1.83 bits per heavy atom. The molecule has 150 valence electrons. The summed E-state index contributed by atoms with van der Waals surface area (Å²) in [5, 5.41) is 3.41. The number of hydrogen-bond donors (Lipinski definition) is 4. The fourth-order valence-electron chi connectivity index (χ4n) is 2.46. The van der Waals surface area contributed by atoms with Gasteiger partial charge in [-0.15, -0.1) is 0 Å². The summed E-state index contributed by atoms with van der Waals surface area (Å²) < 4.78 is 10.6. The van der Waals surface area contributed by atoms with Crippen LogP contribution in [-0.2, 0) is 0 Å². The van der Waals surface area contributed by atoms with Crippen molar-refractivity contribution in [3.63, 3.8) is 0 Å². The van der Waals surface area contributed by atoms with Crippen LogP contribution < -0.4 is 31.4 Å². The number of nitrogens with two attached hydrogens (primary N) is 1. The van der Waals surface area contributed by atoms with Gasteiger partial charge < -0.3 is 20.5 Å². The zero-order valence-electron chi connectivity index (χ0n) is 15.7. The first-order valence-corrected chi connectivity index (χ1v) is 8.81. The van der Waals surface area contributed by atoms with Crippen molar-refractivity contribution in [2.45, 2.75) is 0 Å². The summed E-state index contributed by atoms with van der Waals surface area (Å²) >= 11 is 6.03. The van der Waals surface area contributed by atoms with Gasteiger partial charge in [-0.1, -0.05) is 23.7 Å². The summed E-state index contributed by atoms with van der Waals surface area (Å²) in [5.74, 6) is 1.31. The van der Waals surface area contributed by atoms with Crippen molar-refractivity contribution in [1.29, 1.82) is 0 Å². The van der Waals surface area contributed by atoms with Gasteiger partial charge in [0.05, 0.1) is 30.5 Å². The first-order valence-electron chi connectivity index (χ1n) is 8.44. The van der Waals surface area contributed by atoms with E-state index in [-0.39, 0.29) is 11.5 Å². The van der Waals surface area contributed by atoms with Gasteiger partial charge in [0.2, 0.25) is 0 Å². The Hall–Kier alpha value is -3.72. The SMILES string of the molecule is COc1ccc(OC)c(Nc2ncnc(NNC(=O)c3ccccc3Cl)c2N)c1. The third kappa shape index (κ3) is 4.58. The lowest BCUT2D eigenvalue weighted by Gasteiger charge is -2.15. The smallest absolute Gasteiger partial charge is 0.271 e. The number of rotatable bonds is 7. The molecule has 0 bridgehead atoms. The molecule has 1 aromatic heterocycles. The van der Waals surface area contributed by atoms with Crippen molar-refractivity contribution in [3.05, 3.63) is 59.4 Å². The third-order valence-electron chi connectivity index (χ3n) is 3.96. The van der Waals surface area contributed by atoms with Crippen LogP contribution in [0.4, 0.5) is 23.0 Å². The van der Waals surface area contributed by atoms with E-state index in [1.807, 2.05) is 0 Å². The molecule has 0 unspecified atom stereocenters. The lowest BCUT2D eigenvalue weighted by Crippen LogP contribution is -2.30. The highest BCUT2D eigenvalue weighted by Crippen LogP contribution is 2.33. The molecule has 5 N–H and O–H groups in total. The number of nitrogens with one attached hydrogen (secondary N) is 3. The Morgan fingerprint density at radius 1 is 1.07 bits per heavy atom. The van der Waals surface area contributed by atoms with E-state index in [2.05, 4.69) is 26.1 Å². The third-order valence-corrected chi connectivity index (χ3v) is 4.29. The van der Waals surface area contributed by atoms with Gasteiger partial charge in [-0.2, -0.15) is 0 Å². The number of ether oxygens (including phenoxy) is 2. The van der Waals surface area contributed by atoms with Crippen molar-refractivity contribution in [3.8, 4) is 11.5 Å². The van der Waals surface area contributed by atoms with E-state index in [1.54, 1.807) is 56.7 Å². The Balaban J connectivity index is 1.78. The van der Waals surface area contributed by atoms with Crippen molar-refractivity contribution < 1.29 is 14.3 Å². The molecule has 0 saturated carbocycles. The second-order valence-electron chi connectivity index (χ2n) is 5.73. The summed E-state index contributed by atoms with van der Waals surface area (Å²) in [4.78, 5) is 20.5. The second kappa shape index (κ2) is 8.98. The zero-order chi connectivity index (χ0) is 20.8. The Bertz CT molecular complexity index is 1030. The molecule has 0 fully saturated rings. The summed E-state index contributed by atoms with van der Waals surface area (Å²) in [6.07, 6.45) is 1.30. The maximum absolute atomic E-state index is 12.3. The first kappa shape index (κ1) is 20.0. The Kier molecular flexibility index (Phi) is 6.20. The van der Waals surface area contributed by atoms with Crippen molar-refractivity contribution in [2.24, 2.45) is 0 Å². The summed E-state index contributed by atoms with van der Waals surface area (Å²) in [6.45, 7) is 0. The minimum Gasteiger partial charge on any atom is -0.497 e. The van der Waals surface area contributed by atoms with Crippen LogP contribution in [0.2, 0.25) is 5.02 Å². The largest absolute Gasteiger partial charge is 0.497 e. The van der Waals surface area contributed by atoms with E-state index in [4.69, 9.17) is 26.8 Å². The Labute approximate surface area is 172 Å². The number of amides is 1. The lowest BCUT2D eigenvalue weighted by atomic mass is 10.2. The zero-order valence-corrected chi connectivity index (χ0v) is 16.4. The van der Waals surface area contributed by atoms with E-state index in [0.29, 0.717) is 33.6 Å². The number of aromatic nitrogens is 2. The molecule has 0 aliphatic carbocycles. The standard InChI is InChI=1S/C19H19ClN6O3/c1-28-11-7-8-15(29-2)14(9-11)24-17-16(21)18(23-10-22-17)25-26-19(27)12-5-3-4-6-13(12)20/h3-10H,21H2,1-2H3,(H,26,27)(H2,22,23,24,25). The van der Waals surface area contributed by atoms with Gasteiger partial charge in [0, 0.05) is 6.07 Å². The van der Waals surface area contributed by atoms with Gasteiger partial charge >= 0.3 is 0 Å². The highest BCUT2D eigenvalue weighted by Gasteiger charge is 2.14. The van der Waals surface area contributed by atoms with Crippen LogP contribution in [0.15, 0.2) is 48.8 Å². The predicted molar refractivity (Wildman–Crippen MR) is 112 cm³/mol. The molecule has 29 heavy (non-hydrogen) atoms. The molecular formula is C19H19ClN6O3. The predicted octanol–water partition coefficient (Wildman–Crippen LogP) is 3.23. The molecule has 1 amide bonds. The van der Waals surface area contributed by atoms with Crippen LogP contribution in [0.3, 0.4) is 0 Å². The summed E-state index contributed by atoms with van der Waals surface area (Å²) in [6, 6.07) is 11.9. The quantitative estimate of drug-likeness (QED) is 0.434. The van der Waals surface area contributed by atoms with E-state index >= 15 is 0 Å². The molecule has 2 aromatic carbocycles. The van der Waals surface area contributed by atoms with Crippen molar-refractivity contribution in [2.75, 3.05) is 30.7 Å². The van der Waals surface area contributed by atoms with Crippen molar-refractivity contribution >= 4 is 40.5 Å². The maximum atomic E-state index is 12.3. The van der Waals surface area contributed by atoms with Gasteiger partial charge in [0.15, 0.2) is 11.6 Å². The number of benzene rings is 2. The number of nitrogens with zero attached hydrogens (tertiary/aromatic N) is 2. The van der Waals surface area contributed by atoms with Crippen LogP contribution in [0.25, 0.3) is 0 Å². The molecule has 9 nitrogen and oxygen atoms in total. The fraction of sp³-hybridized carbons (Fsp3) is 0.105. The molecular weight excluding hydrogens is 396 g/mol. The van der Waals surface area contributed by atoms with Gasteiger partial charge in [-0.05, 0) is 24.3 Å². The van der Waals surface area contributed by atoms with Crippen LogP contribution in [-0.4, -0.2) is 30.1 Å². The molecule has 0 radical (unpaired) electrons. The average Bonchev–Trinajstić information content (AvgIpc) is 2.74. The van der Waals surface area contributed by atoms with E-state index < -0.39 is 5.91 Å². The number of anilines is 4. The fourth-order valence-corrected chi connectivity index (χ4v) is 2.68. The van der Waals surface area contributed by atoms with Gasteiger partial charge in [-0.3, -0.25) is 15.6 Å². The molecule has 0 atom stereocenters. The second-order valence-corrected chi connectivity index (χ2v) is 6.14. The van der Waals surface area contributed by atoms with Crippen LogP contribution >= 0.6 is 11.6 Å². The Morgan fingerprint density at radius 3 is 2.55 bits per heavy atom. The van der Waals surface area contributed by atoms with E-state index in [0.717, 1.165) is 0 Å². The average molecular weight is 415 g/mol. The maximum Gasteiger partial charge on any atom is 0.271 e. The molecule has 0 saturated heterocycles. The van der Waals surface area contributed by atoms with E-state index in [1.165, 1.54) is 6.33 Å². The number of halogens is 1. The first-order chi connectivity index (χ1) is 14.0. The van der Waals surface area contributed by atoms with Crippen LogP contribution in [0.1, 0.15) is 10.4 Å². The minimum atomic E-state index is -0.433. The highest BCUT2D eigenvalue weighted by molar-refractivity contribution is 6.33. The number of carbonyl (C=O) groups is 1. The minimum absolute atomic E-state index is 0.192. The molecule has 3 rings (SSSR count). The van der Waals surface area contributed by atoms with Crippen LogP contribution in [0.5, 0.6) is 11.5 Å². The van der Waals surface area contributed by atoms with E-state index in [9.17, 15) is 4.79 Å². The number of carbonyl (C=O) groups excluding carboxylic acids is 1. The number of methoxy groups -OCH3 is 2. The normalized spacial score (nSPS) is 10.2. The van der Waals surface area contributed by atoms with Crippen LogP contribution in [0, 0.1) is 0 Å². The monoisotopic (exact) mass is 414 g/mol. The molecule has 3 aromatic rings. The van der Waals surface area contributed by atoms with Gasteiger partial charge in [0.25, 0.3) is 5.91 Å². The highest BCUT2D eigenvalue weighted by atomic mass is 35.5. The molecule has 0 spiro atoms. The summed E-state index contributed by atoms with van der Waals surface area (Å²) in [7, 11) is 3.11. The molecule has 1 heterocycles. The van der Waals surface area contributed by atoms with Gasteiger partial charge in [-0.25, -0.2) is 9.97 Å². The summed E-state index contributed by atoms with van der Waals surface area (Å²) in [5.41, 5.74) is 12.5. The lowest BCUT2D eigenvalue weighted by molar-refractivity contribution is 0.0962.